The van der Waals surface area contributed by atoms with Crippen molar-refractivity contribution in [3.8, 4) is 0 Å². The first-order valence-electron chi connectivity index (χ1n) is 7.07. The van der Waals surface area contributed by atoms with Crippen molar-refractivity contribution in [2.75, 3.05) is 19.6 Å². The summed E-state index contributed by atoms with van der Waals surface area (Å²) in [5, 5.41) is 8.01. The molecule has 8 heteroatoms. The number of carbonyl (C=O) groups is 3. The molecule has 1 aromatic heterocycles. The van der Waals surface area contributed by atoms with E-state index in [1.807, 2.05) is 5.38 Å². The zero-order chi connectivity index (χ0) is 16.3. The van der Waals surface area contributed by atoms with Crippen molar-refractivity contribution < 1.29 is 14.4 Å². The van der Waals surface area contributed by atoms with Crippen molar-refractivity contribution in [1.29, 1.82) is 0 Å². The summed E-state index contributed by atoms with van der Waals surface area (Å²) in [5.74, 6) is -0.439. The van der Waals surface area contributed by atoms with Crippen molar-refractivity contribution in [2.24, 2.45) is 0 Å². The number of urea groups is 1. The molecule has 2 heterocycles. The summed E-state index contributed by atoms with van der Waals surface area (Å²) in [6.45, 7) is 6.69. The highest BCUT2D eigenvalue weighted by Crippen LogP contribution is 2.25. The van der Waals surface area contributed by atoms with E-state index in [0.29, 0.717) is 0 Å². The Morgan fingerprint density at radius 3 is 2.73 bits per heavy atom. The van der Waals surface area contributed by atoms with E-state index in [0.717, 1.165) is 15.6 Å². The van der Waals surface area contributed by atoms with Crippen LogP contribution in [0.1, 0.15) is 31.5 Å². The summed E-state index contributed by atoms with van der Waals surface area (Å²) < 4.78 is 0. The predicted octanol–water partition coefficient (Wildman–Crippen LogP) is 0.651. The summed E-state index contributed by atoms with van der Waals surface area (Å²) in [5.41, 5.74) is 0.713. The summed E-state index contributed by atoms with van der Waals surface area (Å²) in [4.78, 5) is 40.1. The Kier molecular flexibility index (Phi) is 4.80. The van der Waals surface area contributed by atoms with E-state index in [2.05, 4.69) is 36.4 Å². The second kappa shape index (κ2) is 6.43. The molecule has 0 aromatic carbocycles. The number of nitrogens with one attached hydrogen (secondary N) is 2. The molecule has 1 saturated heterocycles. The van der Waals surface area contributed by atoms with Crippen molar-refractivity contribution >= 4 is 29.2 Å². The zero-order valence-corrected chi connectivity index (χ0v) is 13.7. The van der Waals surface area contributed by atoms with Crippen molar-refractivity contribution in [2.45, 2.75) is 32.6 Å². The van der Waals surface area contributed by atoms with Crippen molar-refractivity contribution in [1.82, 2.24) is 20.5 Å². The molecule has 1 aliphatic rings. The van der Waals surface area contributed by atoms with E-state index < -0.39 is 6.03 Å². The molecule has 0 bridgehead atoms. The van der Waals surface area contributed by atoms with Crippen LogP contribution in [0.5, 0.6) is 0 Å². The molecule has 2 N–H and O–H groups in total. The van der Waals surface area contributed by atoms with Gasteiger partial charge in [-0.15, -0.1) is 11.3 Å². The van der Waals surface area contributed by atoms with Crippen LogP contribution in [0.25, 0.3) is 0 Å². The number of hydrogen-bond donors (Lipinski definition) is 2. The van der Waals surface area contributed by atoms with Gasteiger partial charge in [0.15, 0.2) is 0 Å². The van der Waals surface area contributed by atoms with Gasteiger partial charge in [-0.05, 0) is 0 Å². The van der Waals surface area contributed by atoms with Gasteiger partial charge in [-0.2, -0.15) is 0 Å². The fourth-order valence-corrected chi connectivity index (χ4v) is 2.86. The highest BCUT2D eigenvalue weighted by atomic mass is 32.1. The Bertz CT molecular complexity index is 575. The Morgan fingerprint density at radius 1 is 1.45 bits per heavy atom. The molecule has 0 saturated carbocycles. The third kappa shape index (κ3) is 4.03. The van der Waals surface area contributed by atoms with E-state index in [-0.39, 0.29) is 43.3 Å². The minimum Gasteiger partial charge on any atom is -0.354 e. The van der Waals surface area contributed by atoms with Gasteiger partial charge in [-0.1, -0.05) is 20.8 Å². The van der Waals surface area contributed by atoms with Crippen LogP contribution in [0.15, 0.2) is 5.38 Å². The second-order valence-corrected chi connectivity index (χ2v) is 6.98. The van der Waals surface area contributed by atoms with Crippen LogP contribution < -0.4 is 10.6 Å². The average molecular weight is 324 g/mol. The number of imide groups is 1. The van der Waals surface area contributed by atoms with Crippen LogP contribution in [0.3, 0.4) is 0 Å². The number of rotatable bonds is 5. The lowest BCUT2D eigenvalue weighted by Crippen LogP contribution is -2.39. The Morgan fingerprint density at radius 2 is 2.18 bits per heavy atom. The minimum atomic E-state index is -0.409. The molecule has 1 aliphatic heterocycles. The van der Waals surface area contributed by atoms with Crippen LogP contribution in [0.2, 0.25) is 0 Å². The fraction of sp³-hybridized carbons (Fsp3) is 0.571. The fourth-order valence-electron chi connectivity index (χ4n) is 1.95. The van der Waals surface area contributed by atoms with Gasteiger partial charge in [0.2, 0.25) is 11.8 Å². The third-order valence-corrected chi connectivity index (χ3v) is 4.45. The maximum atomic E-state index is 11.9. The van der Waals surface area contributed by atoms with Crippen LogP contribution in [0.4, 0.5) is 4.79 Å². The molecule has 0 atom stereocenters. The van der Waals surface area contributed by atoms with E-state index in [1.165, 1.54) is 0 Å². The van der Waals surface area contributed by atoms with Gasteiger partial charge < -0.3 is 10.6 Å². The monoisotopic (exact) mass is 324 g/mol. The number of amides is 4. The highest BCUT2D eigenvalue weighted by Gasteiger charge is 2.27. The third-order valence-electron chi connectivity index (χ3n) is 3.13. The van der Waals surface area contributed by atoms with Gasteiger partial charge >= 0.3 is 6.03 Å². The first kappa shape index (κ1) is 16.4. The lowest BCUT2D eigenvalue weighted by molar-refractivity contribution is -0.125. The average Bonchev–Trinajstić information content (AvgIpc) is 2.99. The SMILES string of the molecule is CC(C)(C)c1nc(CC(=O)NCCN2C(=O)CNC2=O)cs1. The molecule has 1 fully saturated rings. The second-order valence-electron chi connectivity index (χ2n) is 6.12. The largest absolute Gasteiger partial charge is 0.354 e. The van der Waals surface area contributed by atoms with E-state index in [4.69, 9.17) is 0 Å². The highest BCUT2D eigenvalue weighted by molar-refractivity contribution is 7.09. The predicted molar refractivity (Wildman–Crippen MR) is 82.6 cm³/mol. The zero-order valence-electron chi connectivity index (χ0n) is 12.9. The summed E-state index contributed by atoms with van der Waals surface area (Å²) in [7, 11) is 0. The molecule has 0 unspecified atom stereocenters. The van der Waals surface area contributed by atoms with Crippen LogP contribution in [-0.4, -0.2) is 47.4 Å². The number of aromatic nitrogens is 1. The Labute approximate surface area is 133 Å². The number of carbonyl (C=O) groups excluding carboxylic acids is 3. The van der Waals surface area contributed by atoms with Gasteiger partial charge in [-0.3, -0.25) is 14.5 Å². The molecule has 120 valence electrons. The number of hydrogen-bond acceptors (Lipinski definition) is 5. The van der Waals surface area contributed by atoms with Crippen LogP contribution >= 0.6 is 11.3 Å². The molecular formula is C14H20N4O3S. The summed E-state index contributed by atoms with van der Waals surface area (Å²) in [6.07, 6.45) is 0.201. The molecule has 22 heavy (non-hydrogen) atoms. The normalized spacial score (nSPS) is 15.1. The number of thiazole rings is 1. The van der Waals surface area contributed by atoms with Gasteiger partial charge in [0, 0.05) is 23.9 Å². The summed E-state index contributed by atoms with van der Waals surface area (Å²) >= 11 is 1.55. The molecule has 7 nitrogen and oxygen atoms in total. The minimum absolute atomic E-state index is 0.0249. The van der Waals surface area contributed by atoms with Gasteiger partial charge in [0.25, 0.3) is 0 Å². The lowest BCUT2D eigenvalue weighted by atomic mass is 9.98. The maximum absolute atomic E-state index is 11.9. The molecule has 0 aliphatic carbocycles. The van der Waals surface area contributed by atoms with Gasteiger partial charge in [0.1, 0.15) is 0 Å². The maximum Gasteiger partial charge on any atom is 0.324 e. The van der Waals surface area contributed by atoms with E-state index in [9.17, 15) is 14.4 Å². The quantitative estimate of drug-likeness (QED) is 0.778. The van der Waals surface area contributed by atoms with Crippen LogP contribution in [-0.2, 0) is 21.4 Å². The molecule has 1 aromatic rings. The molecular weight excluding hydrogens is 304 g/mol. The van der Waals surface area contributed by atoms with E-state index in [1.54, 1.807) is 11.3 Å². The Hall–Kier alpha value is -1.96. The lowest BCUT2D eigenvalue weighted by Gasteiger charge is -2.13. The molecule has 0 radical (unpaired) electrons. The van der Waals surface area contributed by atoms with Crippen molar-refractivity contribution in [3.63, 3.8) is 0 Å². The summed E-state index contributed by atoms with van der Waals surface area (Å²) in [6, 6.07) is -0.409. The Balaban J connectivity index is 1.77. The van der Waals surface area contributed by atoms with Crippen molar-refractivity contribution in [3.05, 3.63) is 16.1 Å². The van der Waals surface area contributed by atoms with E-state index >= 15 is 0 Å². The van der Waals surface area contributed by atoms with Gasteiger partial charge in [0.05, 0.1) is 23.7 Å². The topological polar surface area (TPSA) is 91.4 Å². The molecule has 0 spiro atoms. The van der Waals surface area contributed by atoms with Crippen LogP contribution in [0, 0.1) is 0 Å². The first-order valence-corrected chi connectivity index (χ1v) is 7.95. The molecule has 4 amide bonds. The number of nitrogens with zero attached hydrogens (tertiary/aromatic N) is 2. The van der Waals surface area contributed by atoms with Gasteiger partial charge in [-0.25, -0.2) is 9.78 Å². The standard InChI is InChI=1S/C14H20N4O3S/c1-14(2,3)12-17-9(8-22-12)6-10(19)15-4-5-18-11(20)7-16-13(18)21/h8H,4-7H2,1-3H3,(H,15,19)(H,16,21). The first-order chi connectivity index (χ1) is 10.3. The smallest absolute Gasteiger partial charge is 0.324 e. The molecule has 2 rings (SSSR count).